The summed E-state index contributed by atoms with van der Waals surface area (Å²) >= 11 is 0. The normalized spacial score (nSPS) is 14.3. The van der Waals surface area contributed by atoms with E-state index in [0.29, 0.717) is 16.7 Å². The van der Waals surface area contributed by atoms with Crippen molar-refractivity contribution < 1.29 is 13.9 Å². The lowest BCUT2D eigenvalue weighted by atomic mass is 10.0. The van der Waals surface area contributed by atoms with E-state index < -0.39 is 0 Å². The molecule has 0 N–H and O–H groups in total. The van der Waals surface area contributed by atoms with Crippen molar-refractivity contribution in [2.75, 3.05) is 0 Å². The standard InChI is InChI=1S/C9H7FO2/c1-5-2-7(10)3-6-4-12-9(11)8(5)6/h2-3H,4H2,1H3. The fourth-order valence-corrected chi connectivity index (χ4v) is 1.43. The Morgan fingerprint density at radius 1 is 1.50 bits per heavy atom. The fraction of sp³-hybridized carbons (Fsp3) is 0.222. The van der Waals surface area contributed by atoms with Gasteiger partial charge in [0.25, 0.3) is 0 Å². The van der Waals surface area contributed by atoms with Crippen LogP contribution in [0.4, 0.5) is 4.39 Å². The first-order valence-corrected chi connectivity index (χ1v) is 3.64. The summed E-state index contributed by atoms with van der Waals surface area (Å²) < 4.78 is 17.5. The number of carbonyl (C=O) groups is 1. The Labute approximate surface area is 69.0 Å². The molecule has 0 spiro atoms. The molecule has 3 heteroatoms. The number of cyclic esters (lactones) is 1. The van der Waals surface area contributed by atoms with Gasteiger partial charge in [-0.2, -0.15) is 0 Å². The highest BCUT2D eigenvalue weighted by Crippen LogP contribution is 2.24. The number of fused-ring (bicyclic) bond motifs is 1. The molecule has 12 heavy (non-hydrogen) atoms. The maximum absolute atomic E-state index is 12.8. The van der Waals surface area contributed by atoms with Crippen LogP contribution in [0.5, 0.6) is 0 Å². The van der Waals surface area contributed by atoms with Gasteiger partial charge in [0.05, 0.1) is 5.56 Å². The minimum atomic E-state index is -0.345. The summed E-state index contributed by atoms with van der Waals surface area (Å²) in [5.74, 6) is -0.660. The van der Waals surface area contributed by atoms with Gasteiger partial charge < -0.3 is 4.74 Å². The summed E-state index contributed by atoms with van der Waals surface area (Å²) in [7, 11) is 0. The Bertz CT molecular complexity index is 358. The first kappa shape index (κ1) is 7.28. The van der Waals surface area contributed by atoms with Crippen LogP contribution in [0.1, 0.15) is 21.5 Å². The Hall–Kier alpha value is -1.38. The van der Waals surface area contributed by atoms with Crippen molar-refractivity contribution in [2.24, 2.45) is 0 Å². The third kappa shape index (κ3) is 0.897. The second kappa shape index (κ2) is 2.30. The van der Waals surface area contributed by atoms with E-state index in [-0.39, 0.29) is 18.4 Å². The molecule has 0 aliphatic carbocycles. The van der Waals surface area contributed by atoms with Gasteiger partial charge in [0, 0.05) is 5.56 Å². The number of hydrogen-bond donors (Lipinski definition) is 0. The molecule has 0 amide bonds. The SMILES string of the molecule is Cc1cc(F)cc2c1C(=O)OC2. The van der Waals surface area contributed by atoms with Crippen molar-refractivity contribution in [1.82, 2.24) is 0 Å². The molecule has 1 aliphatic rings. The number of benzene rings is 1. The van der Waals surface area contributed by atoms with Gasteiger partial charge in [0.1, 0.15) is 12.4 Å². The predicted molar refractivity (Wildman–Crippen MR) is 40.3 cm³/mol. The van der Waals surface area contributed by atoms with E-state index in [1.165, 1.54) is 12.1 Å². The molecule has 1 aromatic rings. The van der Waals surface area contributed by atoms with Crippen LogP contribution in [0.2, 0.25) is 0 Å². The summed E-state index contributed by atoms with van der Waals surface area (Å²) in [5, 5.41) is 0. The fourth-order valence-electron chi connectivity index (χ4n) is 1.43. The highest BCUT2D eigenvalue weighted by Gasteiger charge is 2.23. The van der Waals surface area contributed by atoms with Gasteiger partial charge >= 0.3 is 5.97 Å². The lowest BCUT2D eigenvalue weighted by Crippen LogP contribution is -1.97. The minimum Gasteiger partial charge on any atom is -0.457 e. The quantitative estimate of drug-likeness (QED) is 0.549. The van der Waals surface area contributed by atoms with Gasteiger partial charge in [0.15, 0.2) is 0 Å². The van der Waals surface area contributed by atoms with Crippen molar-refractivity contribution >= 4 is 5.97 Å². The summed E-state index contributed by atoms with van der Waals surface area (Å²) in [6, 6.07) is 2.68. The number of halogens is 1. The molecule has 0 unspecified atom stereocenters. The van der Waals surface area contributed by atoms with E-state index in [0.717, 1.165) is 0 Å². The first-order chi connectivity index (χ1) is 5.68. The average molecular weight is 166 g/mol. The molecule has 0 fully saturated rings. The zero-order chi connectivity index (χ0) is 8.72. The van der Waals surface area contributed by atoms with Gasteiger partial charge in [-0.05, 0) is 24.6 Å². The Morgan fingerprint density at radius 2 is 2.25 bits per heavy atom. The number of rotatable bonds is 0. The Morgan fingerprint density at radius 3 is 3.00 bits per heavy atom. The second-order valence-electron chi connectivity index (χ2n) is 2.83. The number of aryl methyl sites for hydroxylation is 1. The molecule has 1 aromatic carbocycles. The molecule has 1 aliphatic heterocycles. The first-order valence-electron chi connectivity index (χ1n) is 3.64. The molecule has 62 valence electrons. The molecule has 2 rings (SSSR count). The Kier molecular flexibility index (Phi) is 1.40. The van der Waals surface area contributed by atoms with E-state index in [1.54, 1.807) is 6.92 Å². The lowest BCUT2D eigenvalue weighted by molar-refractivity contribution is 0.0534. The third-order valence-corrected chi connectivity index (χ3v) is 1.94. The van der Waals surface area contributed by atoms with Crippen molar-refractivity contribution in [3.05, 3.63) is 34.6 Å². The molecule has 1 heterocycles. The molecule has 0 saturated carbocycles. The van der Waals surface area contributed by atoms with Crippen LogP contribution in [-0.4, -0.2) is 5.97 Å². The van der Waals surface area contributed by atoms with Crippen LogP contribution in [0.25, 0.3) is 0 Å². The molecule has 0 aromatic heterocycles. The van der Waals surface area contributed by atoms with Crippen LogP contribution >= 0.6 is 0 Å². The highest BCUT2D eigenvalue weighted by atomic mass is 19.1. The van der Waals surface area contributed by atoms with E-state index >= 15 is 0 Å². The summed E-state index contributed by atoms with van der Waals surface area (Å²) in [6.07, 6.45) is 0. The lowest BCUT2D eigenvalue weighted by Gasteiger charge is -1.98. The summed E-state index contributed by atoms with van der Waals surface area (Å²) in [4.78, 5) is 11.1. The zero-order valence-electron chi connectivity index (χ0n) is 6.56. The van der Waals surface area contributed by atoms with Gasteiger partial charge in [-0.1, -0.05) is 0 Å². The third-order valence-electron chi connectivity index (χ3n) is 1.94. The zero-order valence-corrected chi connectivity index (χ0v) is 6.56. The van der Waals surface area contributed by atoms with E-state index in [9.17, 15) is 9.18 Å². The highest BCUT2D eigenvalue weighted by molar-refractivity contribution is 5.94. The van der Waals surface area contributed by atoms with E-state index in [1.807, 2.05) is 0 Å². The van der Waals surface area contributed by atoms with Crippen molar-refractivity contribution in [3.63, 3.8) is 0 Å². The van der Waals surface area contributed by atoms with E-state index in [2.05, 4.69) is 0 Å². The van der Waals surface area contributed by atoms with Crippen LogP contribution in [0.15, 0.2) is 12.1 Å². The van der Waals surface area contributed by atoms with Crippen LogP contribution in [0.3, 0.4) is 0 Å². The van der Waals surface area contributed by atoms with Crippen LogP contribution < -0.4 is 0 Å². The van der Waals surface area contributed by atoms with Crippen molar-refractivity contribution in [3.8, 4) is 0 Å². The number of carbonyl (C=O) groups excluding carboxylic acids is 1. The van der Waals surface area contributed by atoms with Crippen LogP contribution in [0, 0.1) is 12.7 Å². The van der Waals surface area contributed by atoms with Crippen LogP contribution in [-0.2, 0) is 11.3 Å². The molecule has 2 nitrogen and oxygen atoms in total. The molecule has 0 bridgehead atoms. The number of hydrogen-bond acceptors (Lipinski definition) is 2. The molecule has 0 radical (unpaired) electrons. The summed E-state index contributed by atoms with van der Waals surface area (Å²) in [6.45, 7) is 1.90. The predicted octanol–water partition coefficient (Wildman–Crippen LogP) is 1.80. The molecular weight excluding hydrogens is 159 g/mol. The molecule has 0 atom stereocenters. The largest absolute Gasteiger partial charge is 0.457 e. The minimum absolute atomic E-state index is 0.201. The van der Waals surface area contributed by atoms with E-state index in [4.69, 9.17) is 4.74 Å². The molecular formula is C9H7FO2. The van der Waals surface area contributed by atoms with Gasteiger partial charge in [-0.15, -0.1) is 0 Å². The van der Waals surface area contributed by atoms with Gasteiger partial charge in [-0.3, -0.25) is 0 Å². The number of esters is 1. The summed E-state index contributed by atoms with van der Waals surface area (Å²) in [5.41, 5.74) is 1.82. The smallest absolute Gasteiger partial charge is 0.339 e. The topological polar surface area (TPSA) is 26.3 Å². The van der Waals surface area contributed by atoms with Crippen molar-refractivity contribution in [1.29, 1.82) is 0 Å². The second-order valence-corrected chi connectivity index (χ2v) is 2.83. The maximum atomic E-state index is 12.8. The van der Waals surface area contributed by atoms with Crippen molar-refractivity contribution in [2.45, 2.75) is 13.5 Å². The monoisotopic (exact) mass is 166 g/mol. The maximum Gasteiger partial charge on any atom is 0.339 e. The average Bonchev–Trinajstić information content (AvgIpc) is 2.31. The number of ether oxygens (including phenoxy) is 1. The van der Waals surface area contributed by atoms with Gasteiger partial charge in [-0.25, -0.2) is 9.18 Å². The van der Waals surface area contributed by atoms with Gasteiger partial charge in [0.2, 0.25) is 0 Å². The molecule has 0 saturated heterocycles. The Balaban J connectivity index is 2.68.